The summed E-state index contributed by atoms with van der Waals surface area (Å²) in [4.78, 5) is 0. The van der Waals surface area contributed by atoms with Crippen molar-refractivity contribution < 1.29 is 13.2 Å². The standard InChI is InChI=1S/C10H9BrF3N/c11-5-4-6(12)8(10(14)9(5)13)7-2-1-3-15-7/h4,7,15H,1-3H2/t7-/m1/s1. The molecule has 1 aliphatic heterocycles. The minimum atomic E-state index is -1.10. The van der Waals surface area contributed by atoms with E-state index >= 15 is 0 Å². The number of halogens is 4. The number of hydrogen-bond donors (Lipinski definition) is 1. The summed E-state index contributed by atoms with van der Waals surface area (Å²) in [5.41, 5.74) is -0.187. The lowest BCUT2D eigenvalue weighted by molar-refractivity contribution is 0.452. The highest BCUT2D eigenvalue weighted by atomic mass is 79.9. The highest BCUT2D eigenvalue weighted by Crippen LogP contribution is 2.32. The molecule has 15 heavy (non-hydrogen) atoms. The molecule has 1 aliphatic rings. The first-order valence-electron chi connectivity index (χ1n) is 4.67. The summed E-state index contributed by atoms with van der Waals surface area (Å²) in [6.45, 7) is 0.710. The van der Waals surface area contributed by atoms with E-state index in [1.54, 1.807) is 0 Å². The Labute approximate surface area is 93.8 Å². The van der Waals surface area contributed by atoms with Crippen molar-refractivity contribution in [2.45, 2.75) is 18.9 Å². The van der Waals surface area contributed by atoms with Crippen molar-refractivity contribution in [2.75, 3.05) is 6.54 Å². The second-order valence-corrected chi connectivity index (χ2v) is 4.39. The van der Waals surface area contributed by atoms with Crippen LogP contribution in [0.15, 0.2) is 10.5 Å². The summed E-state index contributed by atoms with van der Waals surface area (Å²) in [5, 5.41) is 2.94. The molecule has 5 heteroatoms. The van der Waals surface area contributed by atoms with Crippen LogP contribution in [0.5, 0.6) is 0 Å². The van der Waals surface area contributed by atoms with Gasteiger partial charge in [-0.1, -0.05) is 0 Å². The average molecular weight is 280 g/mol. The summed E-state index contributed by atoms with van der Waals surface area (Å²) in [6.07, 6.45) is 1.48. The lowest BCUT2D eigenvalue weighted by Crippen LogP contribution is -2.17. The number of benzene rings is 1. The fraction of sp³-hybridized carbons (Fsp3) is 0.400. The first-order valence-corrected chi connectivity index (χ1v) is 5.47. The van der Waals surface area contributed by atoms with Crippen molar-refractivity contribution in [3.63, 3.8) is 0 Å². The van der Waals surface area contributed by atoms with E-state index in [0.717, 1.165) is 12.5 Å². The Balaban J connectivity index is 2.50. The van der Waals surface area contributed by atoms with Crippen LogP contribution in [0, 0.1) is 17.5 Å². The highest BCUT2D eigenvalue weighted by molar-refractivity contribution is 9.10. The summed E-state index contributed by atoms with van der Waals surface area (Å²) in [6, 6.07) is 0.556. The quantitative estimate of drug-likeness (QED) is 0.615. The second-order valence-electron chi connectivity index (χ2n) is 3.53. The van der Waals surface area contributed by atoms with Gasteiger partial charge in [-0.2, -0.15) is 0 Å². The van der Waals surface area contributed by atoms with E-state index in [4.69, 9.17) is 0 Å². The minimum absolute atomic E-state index is 0.181. The van der Waals surface area contributed by atoms with Gasteiger partial charge in [-0.05, 0) is 41.4 Å². The van der Waals surface area contributed by atoms with Crippen molar-refractivity contribution in [1.82, 2.24) is 5.32 Å². The minimum Gasteiger partial charge on any atom is -0.310 e. The molecule has 0 aliphatic carbocycles. The highest BCUT2D eigenvalue weighted by Gasteiger charge is 2.26. The Morgan fingerprint density at radius 1 is 1.27 bits per heavy atom. The molecule has 0 bridgehead atoms. The van der Waals surface area contributed by atoms with Gasteiger partial charge in [0.2, 0.25) is 0 Å². The predicted molar refractivity (Wildman–Crippen MR) is 54.0 cm³/mol. The fourth-order valence-electron chi connectivity index (χ4n) is 1.83. The van der Waals surface area contributed by atoms with Gasteiger partial charge in [0.1, 0.15) is 5.82 Å². The molecule has 82 valence electrons. The van der Waals surface area contributed by atoms with Crippen molar-refractivity contribution in [2.24, 2.45) is 0 Å². The predicted octanol–water partition coefficient (Wildman–Crippen LogP) is 3.29. The van der Waals surface area contributed by atoms with Crippen LogP contribution >= 0.6 is 15.9 Å². The topological polar surface area (TPSA) is 12.0 Å². The summed E-state index contributed by atoms with van der Waals surface area (Å²) in [5.74, 6) is -2.83. The van der Waals surface area contributed by atoms with E-state index in [0.29, 0.717) is 13.0 Å². The zero-order valence-electron chi connectivity index (χ0n) is 7.79. The first-order chi connectivity index (χ1) is 7.11. The van der Waals surface area contributed by atoms with E-state index in [1.165, 1.54) is 0 Å². The Bertz CT molecular complexity index is 389. The van der Waals surface area contributed by atoms with E-state index in [1.807, 2.05) is 0 Å². The normalized spacial score (nSPS) is 20.9. The number of hydrogen-bond acceptors (Lipinski definition) is 1. The molecule has 0 spiro atoms. The van der Waals surface area contributed by atoms with Crippen molar-refractivity contribution in [3.05, 3.63) is 33.6 Å². The van der Waals surface area contributed by atoms with Crippen LogP contribution < -0.4 is 5.32 Å². The molecule has 1 N–H and O–H groups in total. The van der Waals surface area contributed by atoms with Crippen LogP contribution in [0.4, 0.5) is 13.2 Å². The molecule has 1 atom stereocenters. The summed E-state index contributed by atoms with van der Waals surface area (Å²) < 4.78 is 40.0. The van der Waals surface area contributed by atoms with Gasteiger partial charge in [-0.15, -0.1) is 0 Å². The van der Waals surface area contributed by atoms with E-state index < -0.39 is 23.5 Å². The number of nitrogens with one attached hydrogen (secondary N) is 1. The van der Waals surface area contributed by atoms with Gasteiger partial charge in [0.25, 0.3) is 0 Å². The molecule has 1 nitrogen and oxygen atoms in total. The monoisotopic (exact) mass is 279 g/mol. The molecule has 0 unspecified atom stereocenters. The Morgan fingerprint density at radius 2 is 2.00 bits per heavy atom. The molecule has 0 amide bonds. The summed E-state index contributed by atoms with van der Waals surface area (Å²) >= 11 is 2.76. The molecule has 1 heterocycles. The lowest BCUT2D eigenvalue weighted by atomic mass is 10.0. The average Bonchev–Trinajstić information content (AvgIpc) is 2.68. The molecule has 1 fully saturated rings. The zero-order valence-corrected chi connectivity index (χ0v) is 9.37. The molecule has 0 radical (unpaired) electrons. The van der Waals surface area contributed by atoms with Crippen LogP contribution in [0.2, 0.25) is 0 Å². The Hall–Kier alpha value is -0.550. The molecular weight excluding hydrogens is 271 g/mol. The molecular formula is C10H9BrF3N. The Morgan fingerprint density at radius 3 is 2.60 bits per heavy atom. The second kappa shape index (κ2) is 4.14. The first kappa shape index (κ1) is 11.0. The van der Waals surface area contributed by atoms with Gasteiger partial charge < -0.3 is 5.32 Å². The van der Waals surface area contributed by atoms with Crippen molar-refractivity contribution >= 4 is 15.9 Å². The third-order valence-corrected chi connectivity index (χ3v) is 3.14. The smallest absolute Gasteiger partial charge is 0.173 e. The van der Waals surface area contributed by atoms with Gasteiger partial charge >= 0.3 is 0 Å². The third kappa shape index (κ3) is 1.90. The number of rotatable bonds is 1. The van der Waals surface area contributed by atoms with Crippen molar-refractivity contribution in [3.8, 4) is 0 Å². The van der Waals surface area contributed by atoms with E-state index in [-0.39, 0.29) is 10.0 Å². The molecule has 2 rings (SSSR count). The van der Waals surface area contributed by atoms with Crippen LogP contribution in [0.3, 0.4) is 0 Å². The van der Waals surface area contributed by atoms with Gasteiger partial charge in [0, 0.05) is 11.6 Å². The maximum absolute atomic E-state index is 13.5. The van der Waals surface area contributed by atoms with Crippen LogP contribution in [-0.4, -0.2) is 6.54 Å². The van der Waals surface area contributed by atoms with Crippen molar-refractivity contribution in [1.29, 1.82) is 0 Å². The van der Waals surface area contributed by atoms with Crippen LogP contribution in [-0.2, 0) is 0 Å². The van der Waals surface area contributed by atoms with Gasteiger partial charge in [0.15, 0.2) is 11.6 Å². The zero-order chi connectivity index (χ0) is 11.0. The van der Waals surface area contributed by atoms with Gasteiger partial charge in [-0.3, -0.25) is 0 Å². The van der Waals surface area contributed by atoms with E-state index in [9.17, 15) is 13.2 Å². The maximum atomic E-state index is 13.5. The molecule has 0 saturated carbocycles. The maximum Gasteiger partial charge on any atom is 0.173 e. The molecule has 1 aromatic rings. The van der Waals surface area contributed by atoms with Gasteiger partial charge in [0.05, 0.1) is 4.47 Å². The molecule has 0 aromatic heterocycles. The molecule has 1 aromatic carbocycles. The fourth-order valence-corrected chi connectivity index (χ4v) is 2.21. The van der Waals surface area contributed by atoms with Crippen LogP contribution in [0.1, 0.15) is 24.4 Å². The summed E-state index contributed by atoms with van der Waals surface area (Å²) in [7, 11) is 0. The Kier molecular flexibility index (Phi) is 3.02. The van der Waals surface area contributed by atoms with E-state index in [2.05, 4.69) is 21.2 Å². The SMILES string of the molecule is Fc1cc(Br)c(F)c(F)c1[C@H]1CCCN1. The van der Waals surface area contributed by atoms with Gasteiger partial charge in [-0.25, -0.2) is 13.2 Å². The largest absolute Gasteiger partial charge is 0.310 e. The third-order valence-electron chi connectivity index (χ3n) is 2.56. The lowest BCUT2D eigenvalue weighted by Gasteiger charge is -2.13. The molecule has 1 saturated heterocycles. The van der Waals surface area contributed by atoms with Crippen LogP contribution in [0.25, 0.3) is 0 Å².